The van der Waals surface area contributed by atoms with Crippen LogP contribution >= 0.6 is 12.4 Å². The number of hydrogen-bond donors (Lipinski definition) is 1. The van der Waals surface area contributed by atoms with Crippen molar-refractivity contribution in [3.8, 4) is 0 Å². The Morgan fingerprint density at radius 2 is 1.88 bits per heavy atom. The molecule has 1 atom stereocenters. The summed E-state index contributed by atoms with van der Waals surface area (Å²) >= 11 is 0. The summed E-state index contributed by atoms with van der Waals surface area (Å²) in [6.07, 6.45) is 1.24. The van der Waals surface area contributed by atoms with Crippen LogP contribution in [0.2, 0.25) is 0 Å². The molecule has 1 aromatic rings. The third kappa shape index (κ3) is 5.20. The van der Waals surface area contributed by atoms with Crippen molar-refractivity contribution in [3.05, 3.63) is 35.4 Å². The van der Waals surface area contributed by atoms with E-state index in [9.17, 15) is 4.79 Å². The molecular weight excluding hydrogens is 238 g/mol. The van der Waals surface area contributed by atoms with Gasteiger partial charge in [-0.1, -0.05) is 31.2 Å². The molecule has 1 aromatic carbocycles. The average molecular weight is 258 g/mol. The smallest absolute Gasteiger partial charge is 0.307 e. The molecule has 0 saturated carbocycles. The molecule has 0 aliphatic heterocycles. The lowest BCUT2D eigenvalue weighted by Crippen LogP contribution is -2.17. The fourth-order valence-corrected chi connectivity index (χ4v) is 1.52. The third-order valence-corrected chi connectivity index (χ3v) is 2.51. The molecule has 4 heteroatoms. The number of benzene rings is 1. The van der Waals surface area contributed by atoms with E-state index >= 15 is 0 Å². The van der Waals surface area contributed by atoms with Crippen LogP contribution < -0.4 is 5.73 Å². The van der Waals surface area contributed by atoms with Crippen molar-refractivity contribution in [1.82, 2.24) is 0 Å². The predicted molar refractivity (Wildman–Crippen MR) is 71.2 cm³/mol. The van der Waals surface area contributed by atoms with Gasteiger partial charge in [0.1, 0.15) is 0 Å². The molecule has 0 bridgehead atoms. The first-order chi connectivity index (χ1) is 7.67. The van der Waals surface area contributed by atoms with Gasteiger partial charge in [-0.3, -0.25) is 4.79 Å². The largest absolute Gasteiger partial charge is 0.466 e. The van der Waals surface area contributed by atoms with Gasteiger partial charge >= 0.3 is 5.97 Å². The van der Waals surface area contributed by atoms with Gasteiger partial charge in [-0.15, -0.1) is 12.4 Å². The van der Waals surface area contributed by atoms with Crippen molar-refractivity contribution in [2.45, 2.75) is 32.7 Å². The summed E-state index contributed by atoms with van der Waals surface area (Å²) in [5.41, 5.74) is 8.16. The van der Waals surface area contributed by atoms with Gasteiger partial charge in [-0.2, -0.15) is 0 Å². The Kier molecular flexibility index (Phi) is 7.59. The second-order valence-corrected chi connectivity index (χ2v) is 3.71. The summed E-state index contributed by atoms with van der Waals surface area (Å²) in [5, 5.41) is 0. The Labute approximate surface area is 109 Å². The molecule has 1 rings (SSSR count). The second kappa shape index (κ2) is 8.09. The molecule has 0 radical (unpaired) electrons. The number of nitrogens with two attached hydrogens (primary N) is 1. The van der Waals surface area contributed by atoms with E-state index in [0.29, 0.717) is 6.61 Å². The van der Waals surface area contributed by atoms with E-state index in [4.69, 9.17) is 10.5 Å². The highest BCUT2D eigenvalue weighted by Gasteiger charge is 2.11. The summed E-state index contributed by atoms with van der Waals surface area (Å²) in [5.74, 6) is -0.241. The maximum Gasteiger partial charge on any atom is 0.307 e. The summed E-state index contributed by atoms with van der Waals surface area (Å²) in [7, 11) is 0. The lowest BCUT2D eigenvalue weighted by atomic mass is 10.0. The molecule has 0 fully saturated rings. The quantitative estimate of drug-likeness (QED) is 0.825. The van der Waals surface area contributed by atoms with Crippen LogP contribution in [-0.4, -0.2) is 12.6 Å². The Balaban J connectivity index is 0.00000256. The molecule has 0 unspecified atom stereocenters. The van der Waals surface area contributed by atoms with Crippen LogP contribution in [0.1, 0.15) is 37.4 Å². The van der Waals surface area contributed by atoms with Crippen molar-refractivity contribution in [2.24, 2.45) is 5.73 Å². The van der Waals surface area contributed by atoms with Crippen LogP contribution in [0, 0.1) is 0 Å². The van der Waals surface area contributed by atoms with E-state index < -0.39 is 0 Å². The first-order valence-corrected chi connectivity index (χ1v) is 5.67. The summed E-state index contributed by atoms with van der Waals surface area (Å²) < 4.78 is 4.86. The van der Waals surface area contributed by atoms with Gasteiger partial charge in [0, 0.05) is 6.04 Å². The number of aryl methyl sites for hydroxylation is 1. The standard InChI is InChI=1S/C13H19NO2.ClH/c1-3-10-5-7-11(8-6-10)12(14)9-13(15)16-4-2;/h5-8,12H,3-4,9,14H2,1-2H3;1H/t12-;/m1./s1. The molecule has 0 aromatic heterocycles. The monoisotopic (exact) mass is 257 g/mol. The topological polar surface area (TPSA) is 52.3 Å². The highest BCUT2D eigenvalue weighted by Crippen LogP contribution is 2.15. The number of ether oxygens (including phenoxy) is 1. The van der Waals surface area contributed by atoms with Gasteiger partial charge in [0.25, 0.3) is 0 Å². The molecule has 96 valence electrons. The van der Waals surface area contributed by atoms with E-state index in [1.54, 1.807) is 6.92 Å². The fourth-order valence-electron chi connectivity index (χ4n) is 1.52. The van der Waals surface area contributed by atoms with E-state index in [2.05, 4.69) is 6.92 Å². The molecule has 3 nitrogen and oxygen atoms in total. The van der Waals surface area contributed by atoms with E-state index in [1.165, 1.54) is 5.56 Å². The molecule has 2 N–H and O–H groups in total. The Hall–Kier alpha value is -1.06. The van der Waals surface area contributed by atoms with E-state index in [0.717, 1.165) is 12.0 Å². The van der Waals surface area contributed by atoms with Crippen molar-refractivity contribution in [1.29, 1.82) is 0 Å². The first kappa shape index (κ1) is 15.9. The van der Waals surface area contributed by atoms with Crippen molar-refractivity contribution in [3.63, 3.8) is 0 Å². The highest BCUT2D eigenvalue weighted by molar-refractivity contribution is 5.85. The fraction of sp³-hybridized carbons (Fsp3) is 0.462. The number of carbonyl (C=O) groups excluding carboxylic acids is 1. The zero-order valence-electron chi connectivity index (χ0n) is 10.3. The molecule has 0 spiro atoms. The Morgan fingerprint density at radius 3 is 2.35 bits per heavy atom. The minimum Gasteiger partial charge on any atom is -0.466 e. The number of esters is 1. The Morgan fingerprint density at radius 1 is 1.29 bits per heavy atom. The van der Waals surface area contributed by atoms with Crippen LogP contribution in [-0.2, 0) is 16.0 Å². The van der Waals surface area contributed by atoms with Gasteiger partial charge in [0.2, 0.25) is 0 Å². The van der Waals surface area contributed by atoms with Crippen LogP contribution in [0.15, 0.2) is 24.3 Å². The molecule has 0 aliphatic carbocycles. The van der Waals surface area contributed by atoms with Crippen molar-refractivity contribution < 1.29 is 9.53 Å². The van der Waals surface area contributed by atoms with Gasteiger partial charge in [0.15, 0.2) is 0 Å². The molecular formula is C13H20ClNO2. The van der Waals surface area contributed by atoms with Crippen LogP contribution in [0.25, 0.3) is 0 Å². The number of halogens is 1. The molecule has 0 amide bonds. The van der Waals surface area contributed by atoms with Gasteiger partial charge in [0.05, 0.1) is 13.0 Å². The highest BCUT2D eigenvalue weighted by atomic mass is 35.5. The Bertz CT molecular complexity index is 338. The third-order valence-electron chi connectivity index (χ3n) is 2.51. The zero-order chi connectivity index (χ0) is 12.0. The molecule has 0 heterocycles. The zero-order valence-corrected chi connectivity index (χ0v) is 11.1. The number of carbonyl (C=O) groups is 1. The van der Waals surface area contributed by atoms with Crippen LogP contribution in [0.5, 0.6) is 0 Å². The van der Waals surface area contributed by atoms with Crippen molar-refractivity contribution in [2.75, 3.05) is 6.61 Å². The summed E-state index contributed by atoms with van der Waals surface area (Å²) in [6, 6.07) is 7.76. The predicted octanol–water partition coefficient (Wildman–Crippen LogP) is 2.62. The lowest BCUT2D eigenvalue weighted by molar-refractivity contribution is -0.143. The maximum atomic E-state index is 11.2. The molecule has 0 aliphatic rings. The van der Waals surface area contributed by atoms with Crippen molar-refractivity contribution >= 4 is 18.4 Å². The van der Waals surface area contributed by atoms with E-state index in [-0.39, 0.29) is 30.8 Å². The SMILES string of the molecule is CCOC(=O)C[C@@H](N)c1ccc(CC)cc1.Cl. The summed E-state index contributed by atoms with van der Waals surface area (Å²) in [4.78, 5) is 11.2. The second-order valence-electron chi connectivity index (χ2n) is 3.71. The molecule has 17 heavy (non-hydrogen) atoms. The number of rotatable bonds is 5. The van der Waals surface area contributed by atoms with Crippen LogP contribution in [0.4, 0.5) is 0 Å². The van der Waals surface area contributed by atoms with Gasteiger partial charge in [-0.25, -0.2) is 0 Å². The normalized spacial score (nSPS) is 11.5. The minimum atomic E-state index is -0.273. The molecule has 0 saturated heterocycles. The minimum absolute atomic E-state index is 0. The van der Waals surface area contributed by atoms with Gasteiger partial charge < -0.3 is 10.5 Å². The lowest BCUT2D eigenvalue weighted by Gasteiger charge is -2.11. The number of hydrogen-bond acceptors (Lipinski definition) is 3. The maximum absolute atomic E-state index is 11.2. The van der Waals surface area contributed by atoms with Crippen LogP contribution in [0.3, 0.4) is 0 Å². The summed E-state index contributed by atoms with van der Waals surface area (Å²) in [6.45, 7) is 4.30. The van der Waals surface area contributed by atoms with E-state index in [1.807, 2.05) is 24.3 Å². The van der Waals surface area contributed by atoms with Gasteiger partial charge in [-0.05, 0) is 24.5 Å². The first-order valence-electron chi connectivity index (χ1n) is 5.67. The average Bonchev–Trinajstić information content (AvgIpc) is 2.29.